The maximum Gasteiger partial charge on any atom is 0.234 e. The van der Waals surface area contributed by atoms with Crippen molar-refractivity contribution in [2.24, 2.45) is 0 Å². The Hall–Kier alpha value is -1.08. The zero-order valence-electron chi connectivity index (χ0n) is 7.49. The van der Waals surface area contributed by atoms with Crippen molar-refractivity contribution in [3.05, 3.63) is 0 Å². The topological polar surface area (TPSA) is 73.1 Å². The van der Waals surface area contributed by atoms with Gasteiger partial charge in [0.25, 0.3) is 0 Å². The first-order chi connectivity index (χ1) is 6.24. The minimum Gasteiger partial charge on any atom is -0.391 e. The van der Waals surface area contributed by atoms with Crippen LogP contribution >= 0.6 is 0 Å². The fourth-order valence-corrected chi connectivity index (χ4v) is 1.61. The van der Waals surface area contributed by atoms with Crippen molar-refractivity contribution < 1.29 is 9.90 Å². The molecule has 1 rings (SSSR count). The smallest absolute Gasteiger partial charge is 0.234 e. The Balaban J connectivity index is 2.34. The molecule has 0 aromatic rings. The summed E-state index contributed by atoms with van der Waals surface area (Å²) in [6, 6.07) is 1.63. The van der Waals surface area contributed by atoms with Gasteiger partial charge in [-0.25, -0.2) is 0 Å². The molecule has 1 amide bonds. The van der Waals surface area contributed by atoms with Crippen LogP contribution in [-0.2, 0) is 4.79 Å². The predicted molar refractivity (Wildman–Crippen MR) is 46.6 cm³/mol. The van der Waals surface area contributed by atoms with Crippen LogP contribution in [0, 0.1) is 11.3 Å². The van der Waals surface area contributed by atoms with E-state index in [-0.39, 0.29) is 18.4 Å². The largest absolute Gasteiger partial charge is 0.391 e. The molecule has 1 fully saturated rings. The van der Waals surface area contributed by atoms with E-state index in [4.69, 9.17) is 5.26 Å². The fraction of sp³-hybridized carbons (Fsp3) is 0.778. The van der Waals surface area contributed by atoms with Gasteiger partial charge in [0.15, 0.2) is 0 Å². The van der Waals surface area contributed by atoms with Crippen LogP contribution < -0.4 is 5.32 Å². The molecule has 0 aromatic carbocycles. The predicted octanol–water partition coefficient (Wildman–Crippen LogP) is 0.320. The molecule has 0 bridgehead atoms. The third-order valence-electron chi connectivity index (χ3n) is 2.32. The van der Waals surface area contributed by atoms with Crippen LogP contribution in [0.25, 0.3) is 0 Å². The van der Waals surface area contributed by atoms with Crippen molar-refractivity contribution in [2.45, 2.75) is 44.2 Å². The van der Waals surface area contributed by atoms with Gasteiger partial charge in [0.05, 0.1) is 18.2 Å². The molecule has 4 nitrogen and oxygen atoms in total. The molecule has 1 aliphatic carbocycles. The highest BCUT2D eigenvalue weighted by Crippen LogP contribution is 2.18. The molecular weight excluding hydrogens is 168 g/mol. The van der Waals surface area contributed by atoms with Crippen LogP contribution in [0.1, 0.15) is 32.1 Å². The third-order valence-corrected chi connectivity index (χ3v) is 2.32. The number of aliphatic hydroxyl groups is 1. The van der Waals surface area contributed by atoms with E-state index in [2.05, 4.69) is 5.32 Å². The third kappa shape index (κ3) is 3.03. The Morgan fingerprint density at radius 2 is 2.23 bits per heavy atom. The number of amides is 1. The zero-order chi connectivity index (χ0) is 9.68. The Labute approximate surface area is 77.6 Å². The minimum absolute atomic E-state index is 0.122. The van der Waals surface area contributed by atoms with Crippen molar-refractivity contribution >= 4 is 5.91 Å². The lowest BCUT2D eigenvalue weighted by atomic mass is 9.92. The number of rotatable bonds is 2. The second kappa shape index (κ2) is 4.83. The standard InChI is InChI=1S/C9H14N2O2/c10-6-5-9(13)11-7-3-1-2-4-8(7)12/h7-8,12H,1-5H2,(H,11,13)/t7-,8+/m0/s1. The second-order valence-corrected chi connectivity index (χ2v) is 3.36. The van der Waals surface area contributed by atoms with Crippen LogP contribution in [0.15, 0.2) is 0 Å². The SMILES string of the molecule is N#CCC(=O)N[C@H]1CCCC[C@H]1O. The molecule has 72 valence electrons. The van der Waals surface area contributed by atoms with Crippen molar-refractivity contribution in [1.29, 1.82) is 5.26 Å². The van der Waals surface area contributed by atoms with Gasteiger partial charge in [0.2, 0.25) is 5.91 Å². The van der Waals surface area contributed by atoms with Gasteiger partial charge in [-0.3, -0.25) is 4.79 Å². The van der Waals surface area contributed by atoms with Crippen LogP contribution in [-0.4, -0.2) is 23.2 Å². The molecule has 0 saturated heterocycles. The van der Waals surface area contributed by atoms with E-state index in [1.165, 1.54) is 0 Å². The molecule has 0 radical (unpaired) electrons. The average Bonchev–Trinajstić information content (AvgIpc) is 2.09. The summed E-state index contributed by atoms with van der Waals surface area (Å²) < 4.78 is 0. The first kappa shape index (κ1) is 10.0. The van der Waals surface area contributed by atoms with E-state index in [0.29, 0.717) is 0 Å². The first-order valence-corrected chi connectivity index (χ1v) is 4.58. The van der Waals surface area contributed by atoms with Crippen LogP contribution in [0.4, 0.5) is 0 Å². The van der Waals surface area contributed by atoms with E-state index in [0.717, 1.165) is 25.7 Å². The number of carbonyl (C=O) groups excluding carboxylic acids is 1. The number of nitriles is 1. The quantitative estimate of drug-likeness (QED) is 0.646. The van der Waals surface area contributed by atoms with E-state index >= 15 is 0 Å². The van der Waals surface area contributed by atoms with Crippen LogP contribution in [0.3, 0.4) is 0 Å². The summed E-state index contributed by atoms with van der Waals surface area (Å²) in [5, 5.41) is 20.4. The molecule has 0 unspecified atom stereocenters. The van der Waals surface area contributed by atoms with Gasteiger partial charge in [-0.1, -0.05) is 12.8 Å². The van der Waals surface area contributed by atoms with Gasteiger partial charge >= 0.3 is 0 Å². The monoisotopic (exact) mass is 182 g/mol. The van der Waals surface area contributed by atoms with Crippen molar-refractivity contribution in [1.82, 2.24) is 5.32 Å². The lowest BCUT2D eigenvalue weighted by molar-refractivity contribution is -0.122. The van der Waals surface area contributed by atoms with Gasteiger partial charge in [-0.05, 0) is 12.8 Å². The molecule has 0 spiro atoms. The lowest BCUT2D eigenvalue weighted by Gasteiger charge is -2.27. The Morgan fingerprint density at radius 1 is 1.54 bits per heavy atom. The van der Waals surface area contributed by atoms with Gasteiger partial charge in [0.1, 0.15) is 6.42 Å². The van der Waals surface area contributed by atoms with Gasteiger partial charge in [-0.15, -0.1) is 0 Å². The maximum absolute atomic E-state index is 11.0. The molecule has 2 N–H and O–H groups in total. The molecule has 2 atom stereocenters. The fourth-order valence-electron chi connectivity index (χ4n) is 1.61. The Kier molecular flexibility index (Phi) is 3.71. The maximum atomic E-state index is 11.0. The summed E-state index contributed by atoms with van der Waals surface area (Å²) in [5.74, 6) is -0.284. The molecule has 1 saturated carbocycles. The van der Waals surface area contributed by atoms with Crippen molar-refractivity contribution in [3.63, 3.8) is 0 Å². The molecular formula is C9H14N2O2. The Bertz CT molecular complexity index is 222. The minimum atomic E-state index is -0.434. The first-order valence-electron chi connectivity index (χ1n) is 4.58. The van der Waals surface area contributed by atoms with E-state index in [1.807, 2.05) is 0 Å². The molecule has 0 aromatic heterocycles. The van der Waals surface area contributed by atoms with Crippen molar-refractivity contribution in [3.8, 4) is 6.07 Å². The van der Waals surface area contributed by atoms with E-state index in [9.17, 15) is 9.90 Å². The van der Waals surface area contributed by atoms with Gasteiger partial charge < -0.3 is 10.4 Å². The summed E-state index contributed by atoms with van der Waals surface area (Å²) >= 11 is 0. The zero-order valence-corrected chi connectivity index (χ0v) is 7.49. The molecule has 0 heterocycles. The van der Waals surface area contributed by atoms with E-state index in [1.54, 1.807) is 6.07 Å². The summed E-state index contributed by atoms with van der Waals surface area (Å²) in [6.07, 6.45) is 3.07. The van der Waals surface area contributed by atoms with Gasteiger partial charge in [0, 0.05) is 0 Å². The molecule has 13 heavy (non-hydrogen) atoms. The lowest BCUT2D eigenvalue weighted by Crippen LogP contribution is -2.44. The molecule has 4 heteroatoms. The normalized spacial score (nSPS) is 27.7. The van der Waals surface area contributed by atoms with Crippen molar-refractivity contribution in [2.75, 3.05) is 0 Å². The Morgan fingerprint density at radius 3 is 2.85 bits per heavy atom. The summed E-state index contributed by atoms with van der Waals surface area (Å²) in [4.78, 5) is 11.0. The number of carbonyl (C=O) groups is 1. The number of aliphatic hydroxyl groups excluding tert-OH is 1. The van der Waals surface area contributed by atoms with Gasteiger partial charge in [-0.2, -0.15) is 5.26 Å². The summed E-state index contributed by atoms with van der Waals surface area (Å²) in [7, 11) is 0. The number of nitrogens with one attached hydrogen (secondary N) is 1. The highest BCUT2D eigenvalue weighted by atomic mass is 16.3. The van der Waals surface area contributed by atoms with E-state index < -0.39 is 6.10 Å². The number of hydrogen-bond acceptors (Lipinski definition) is 3. The van der Waals surface area contributed by atoms with Crippen LogP contribution in [0.2, 0.25) is 0 Å². The molecule has 1 aliphatic rings. The average molecular weight is 182 g/mol. The number of nitrogens with zero attached hydrogens (tertiary/aromatic N) is 1. The second-order valence-electron chi connectivity index (χ2n) is 3.36. The highest BCUT2D eigenvalue weighted by Gasteiger charge is 2.23. The summed E-state index contributed by atoms with van der Waals surface area (Å²) in [6.45, 7) is 0. The number of hydrogen-bond donors (Lipinski definition) is 2. The van der Waals surface area contributed by atoms with Crippen LogP contribution in [0.5, 0.6) is 0 Å². The highest BCUT2D eigenvalue weighted by molar-refractivity contribution is 5.78. The molecule has 0 aliphatic heterocycles. The summed E-state index contributed by atoms with van der Waals surface area (Å²) in [5.41, 5.74) is 0.